The molecule has 0 saturated carbocycles. The van der Waals surface area contributed by atoms with Crippen molar-refractivity contribution in [2.75, 3.05) is 13.2 Å². The first-order valence-corrected chi connectivity index (χ1v) is 13.5. The van der Waals surface area contributed by atoms with Gasteiger partial charge in [-0.2, -0.15) is 0 Å². The summed E-state index contributed by atoms with van der Waals surface area (Å²) in [7, 11) is 0. The summed E-state index contributed by atoms with van der Waals surface area (Å²) in [5, 5.41) is 21.1. The van der Waals surface area contributed by atoms with E-state index in [0.717, 1.165) is 46.3 Å². The zero-order valence-corrected chi connectivity index (χ0v) is 22.5. The molecule has 0 bridgehead atoms. The molecule has 0 radical (unpaired) electrons. The van der Waals surface area contributed by atoms with Crippen LogP contribution >= 0.6 is 0 Å². The highest BCUT2D eigenvalue weighted by Gasteiger charge is 2.23. The quantitative estimate of drug-likeness (QED) is 0.0984. The Labute approximate surface area is 234 Å². The first-order chi connectivity index (χ1) is 19.4. The molecule has 8 nitrogen and oxygen atoms in total. The number of nitrogens with zero attached hydrogens (tertiary/aromatic N) is 1. The van der Waals surface area contributed by atoms with Gasteiger partial charge in [-0.15, -0.1) is 0 Å². The summed E-state index contributed by atoms with van der Waals surface area (Å²) in [5.41, 5.74) is 7.83. The first-order valence-electron chi connectivity index (χ1n) is 13.5. The molecule has 40 heavy (non-hydrogen) atoms. The van der Waals surface area contributed by atoms with Crippen LogP contribution in [-0.4, -0.2) is 40.3 Å². The second-order valence-corrected chi connectivity index (χ2v) is 9.88. The molecule has 3 aromatic rings. The number of carbonyl (C=O) groups excluding carboxylic acids is 1. The normalized spacial score (nSPS) is 16.1. The average Bonchev–Trinajstić information content (AvgIpc) is 2.97. The minimum Gasteiger partial charge on any atom is -0.493 e. The van der Waals surface area contributed by atoms with Crippen LogP contribution < -0.4 is 15.5 Å². The van der Waals surface area contributed by atoms with E-state index in [0.29, 0.717) is 37.8 Å². The number of amides is 1. The topological polar surface area (TPSA) is 121 Å². The van der Waals surface area contributed by atoms with E-state index in [1.807, 2.05) is 48.7 Å². The minimum atomic E-state index is -0.980. The van der Waals surface area contributed by atoms with Crippen LogP contribution in [0.1, 0.15) is 54.5 Å². The molecule has 1 amide bonds. The molecule has 2 aromatic carbocycles. The van der Waals surface area contributed by atoms with E-state index in [2.05, 4.69) is 41.5 Å². The number of pyridine rings is 1. The van der Waals surface area contributed by atoms with E-state index in [-0.39, 0.29) is 6.42 Å². The highest BCUT2D eigenvalue weighted by molar-refractivity contribution is 5.85. The van der Waals surface area contributed by atoms with Crippen molar-refractivity contribution < 1.29 is 24.6 Å². The van der Waals surface area contributed by atoms with E-state index in [9.17, 15) is 9.59 Å². The molecule has 8 heteroatoms. The van der Waals surface area contributed by atoms with Gasteiger partial charge in [-0.05, 0) is 65.3 Å². The molecule has 208 valence electrons. The molecule has 4 rings (SSSR count). The maximum absolute atomic E-state index is 11.2. The Balaban J connectivity index is 1.45. The molecule has 1 heterocycles. The third-order valence-corrected chi connectivity index (χ3v) is 7.07. The number of nitrogens with one attached hydrogen (secondary N) is 2. The molecule has 0 aliphatic heterocycles. The second kappa shape index (κ2) is 14.2. The van der Waals surface area contributed by atoms with Crippen LogP contribution in [0.25, 0.3) is 23.3 Å². The molecular weight excluding hydrogens is 506 g/mol. The summed E-state index contributed by atoms with van der Waals surface area (Å²) in [4.78, 5) is 26.7. The standard InChI is InChI=1S/C32H35N3O5/c1-22-27(13-12-25-5-4-17-34-32(22)25)20-33-21-28-19-26(24-10-7-23(8-11-24)9-16-31(37)38)14-15-29(28)40-18-3-2-6-30(36)35-39/h4-5,7-17,19,22,27,33,39H,2-3,6,18,20-21H2,1H3,(H,35,36)(H,37,38)/b16-9+. The van der Waals surface area contributed by atoms with Gasteiger partial charge >= 0.3 is 5.97 Å². The van der Waals surface area contributed by atoms with Crippen molar-refractivity contribution >= 4 is 24.0 Å². The Morgan fingerprint density at radius 1 is 1.07 bits per heavy atom. The number of hydrogen-bond acceptors (Lipinski definition) is 6. The van der Waals surface area contributed by atoms with Gasteiger partial charge in [-0.3, -0.25) is 15.0 Å². The summed E-state index contributed by atoms with van der Waals surface area (Å²) >= 11 is 0. The number of carbonyl (C=O) groups is 2. The number of aromatic nitrogens is 1. The summed E-state index contributed by atoms with van der Waals surface area (Å²) < 4.78 is 6.10. The van der Waals surface area contributed by atoms with Crippen LogP contribution in [0, 0.1) is 5.92 Å². The highest BCUT2D eigenvalue weighted by Crippen LogP contribution is 2.32. The van der Waals surface area contributed by atoms with Crippen molar-refractivity contribution in [3.05, 3.63) is 95.3 Å². The molecule has 0 fully saturated rings. The van der Waals surface area contributed by atoms with E-state index in [4.69, 9.17) is 15.1 Å². The summed E-state index contributed by atoms with van der Waals surface area (Å²) in [6, 6.07) is 17.9. The van der Waals surface area contributed by atoms with Gasteiger partial charge in [0.1, 0.15) is 5.75 Å². The summed E-state index contributed by atoms with van der Waals surface area (Å²) in [6.07, 6.45) is 10.5. The molecular formula is C32H35N3O5. The number of carboxylic acids is 1. The number of fused-ring (bicyclic) bond motifs is 1. The number of ether oxygens (including phenoxy) is 1. The predicted molar refractivity (Wildman–Crippen MR) is 155 cm³/mol. The fourth-order valence-corrected chi connectivity index (χ4v) is 4.78. The maximum atomic E-state index is 11.2. The highest BCUT2D eigenvalue weighted by atomic mass is 16.5. The fraction of sp³-hybridized carbons (Fsp3) is 0.281. The molecule has 1 aliphatic carbocycles. The van der Waals surface area contributed by atoms with Crippen LogP contribution in [0.2, 0.25) is 0 Å². The third kappa shape index (κ3) is 7.88. The van der Waals surface area contributed by atoms with Gasteiger partial charge in [0.15, 0.2) is 0 Å². The number of hydrogen-bond donors (Lipinski definition) is 4. The fourth-order valence-electron chi connectivity index (χ4n) is 4.78. The van der Waals surface area contributed by atoms with Crippen LogP contribution in [0.5, 0.6) is 5.75 Å². The van der Waals surface area contributed by atoms with Crippen LogP contribution in [0.15, 0.2) is 72.9 Å². The molecule has 0 saturated heterocycles. The van der Waals surface area contributed by atoms with Crippen LogP contribution in [0.3, 0.4) is 0 Å². The Hall–Kier alpha value is -4.27. The Morgan fingerprint density at radius 2 is 1.88 bits per heavy atom. The third-order valence-electron chi connectivity index (χ3n) is 7.07. The molecule has 2 unspecified atom stereocenters. The number of benzene rings is 2. The minimum absolute atomic E-state index is 0.246. The van der Waals surface area contributed by atoms with Gasteiger partial charge < -0.3 is 15.2 Å². The smallest absolute Gasteiger partial charge is 0.328 e. The van der Waals surface area contributed by atoms with Crippen LogP contribution in [0.4, 0.5) is 0 Å². The number of rotatable bonds is 13. The SMILES string of the molecule is CC1c2ncccc2C=CC1CNCc1cc(-c2ccc(/C=C/C(=O)O)cc2)ccc1OCCCCC(=O)NO. The van der Waals surface area contributed by atoms with E-state index in [1.165, 1.54) is 5.56 Å². The molecule has 2 atom stereocenters. The number of carboxylic acid groups (broad SMARTS) is 1. The van der Waals surface area contributed by atoms with Crippen molar-refractivity contribution in [1.82, 2.24) is 15.8 Å². The van der Waals surface area contributed by atoms with Gasteiger partial charge in [0.25, 0.3) is 0 Å². The Bertz CT molecular complexity index is 1370. The van der Waals surface area contributed by atoms with Crippen molar-refractivity contribution in [3.63, 3.8) is 0 Å². The van der Waals surface area contributed by atoms with Gasteiger partial charge in [0.05, 0.1) is 12.3 Å². The lowest BCUT2D eigenvalue weighted by Gasteiger charge is -2.26. The summed E-state index contributed by atoms with van der Waals surface area (Å²) in [6.45, 7) is 4.07. The maximum Gasteiger partial charge on any atom is 0.328 e. The lowest BCUT2D eigenvalue weighted by Crippen LogP contribution is -2.27. The van der Waals surface area contributed by atoms with Crippen molar-refractivity contribution in [3.8, 4) is 16.9 Å². The number of hydroxylamine groups is 1. The monoisotopic (exact) mass is 541 g/mol. The van der Waals surface area contributed by atoms with E-state index < -0.39 is 11.9 Å². The van der Waals surface area contributed by atoms with Gasteiger partial charge in [-0.25, -0.2) is 10.3 Å². The number of unbranched alkanes of at least 4 members (excludes halogenated alkanes) is 1. The summed E-state index contributed by atoms with van der Waals surface area (Å²) in [5.74, 6) is 0.0253. The predicted octanol–water partition coefficient (Wildman–Crippen LogP) is 5.44. The molecule has 0 spiro atoms. The Morgan fingerprint density at radius 3 is 2.65 bits per heavy atom. The molecule has 1 aromatic heterocycles. The van der Waals surface area contributed by atoms with Gasteiger partial charge in [0.2, 0.25) is 5.91 Å². The van der Waals surface area contributed by atoms with Crippen molar-refractivity contribution in [1.29, 1.82) is 0 Å². The van der Waals surface area contributed by atoms with Gasteiger partial charge in [-0.1, -0.05) is 55.5 Å². The molecule has 4 N–H and O–H groups in total. The lowest BCUT2D eigenvalue weighted by atomic mass is 9.83. The zero-order chi connectivity index (χ0) is 28.3. The largest absolute Gasteiger partial charge is 0.493 e. The van der Waals surface area contributed by atoms with Crippen molar-refractivity contribution in [2.24, 2.45) is 5.92 Å². The van der Waals surface area contributed by atoms with Crippen molar-refractivity contribution in [2.45, 2.75) is 38.6 Å². The molecule has 1 aliphatic rings. The second-order valence-electron chi connectivity index (χ2n) is 9.88. The first kappa shape index (κ1) is 28.7. The zero-order valence-electron chi connectivity index (χ0n) is 22.5. The average molecular weight is 542 g/mol. The Kier molecular flexibility index (Phi) is 10.2. The van der Waals surface area contributed by atoms with E-state index >= 15 is 0 Å². The van der Waals surface area contributed by atoms with E-state index in [1.54, 1.807) is 11.6 Å². The lowest BCUT2D eigenvalue weighted by molar-refractivity contribution is -0.131. The number of aliphatic carboxylic acids is 1. The van der Waals surface area contributed by atoms with Gasteiger partial charge in [0, 0.05) is 43.3 Å². The van der Waals surface area contributed by atoms with Crippen LogP contribution in [-0.2, 0) is 16.1 Å².